The first-order chi connectivity index (χ1) is 17.0. The number of halogens is 6. The molecule has 0 saturated heterocycles. The number of benzene rings is 1. The van der Waals surface area contributed by atoms with E-state index in [2.05, 4.69) is 20.1 Å². The molecule has 5 rings (SSSR count). The number of hydrogen-bond donors (Lipinski definition) is 1. The largest absolute Gasteiger partial charge is 0.481 e. The fourth-order valence-corrected chi connectivity index (χ4v) is 4.07. The zero-order chi connectivity index (χ0) is 25.8. The first kappa shape index (κ1) is 23.3. The summed E-state index contributed by atoms with van der Waals surface area (Å²) >= 11 is 0. The van der Waals surface area contributed by atoms with Crippen molar-refractivity contribution in [2.24, 2.45) is 0 Å². The summed E-state index contributed by atoms with van der Waals surface area (Å²) in [6, 6.07) is 7.79. The van der Waals surface area contributed by atoms with Crippen LogP contribution in [0.3, 0.4) is 0 Å². The third-order valence-electron chi connectivity index (χ3n) is 5.51. The number of ether oxygens (including phenoxy) is 1. The van der Waals surface area contributed by atoms with Gasteiger partial charge >= 0.3 is 12.4 Å². The third kappa shape index (κ3) is 3.72. The van der Waals surface area contributed by atoms with E-state index in [0.29, 0.717) is 21.5 Å². The van der Waals surface area contributed by atoms with Gasteiger partial charge in [0.05, 0.1) is 35.6 Å². The van der Waals surface area contributed by atoms with Crippen LogP contribution >= 0.6 is 0 Å². The van der Waals surface area contributed by atoms with Crippen LogP contribution in [-0.4, -0.2) is 31.8 Å². The molecule has 0 amide bonds. The second-order valence-electron chi connectivity index (χ2n) is 7.64. The number of nitrogens with one attached hydrogen (secondary N) is 1. The molecule has 184 valence electrons. The maximum Gasteiger partial charge on any atom is 0.434 e. The van der Waals surface area contributed by atoms with E-state index in [-0.39, 0.29) is 22.8 Å². The van der Waals surface area contributed by atoms with Crippen LogP contribution in [0.25, 0.3) is 38.6 Å². The Morgan fingerprint density at radius 3 is 2.39 bits per heavy atom. The van der Waals surface area contributed by atoms with Crippen molar-refractivity contribution in [1.29, 1.82) is 0 Å². The predicted molar refractivity (Wildman–Crippen MR) is 117 cm³/mol. The highest BCUT2D eigenvalue weighted by Gasteiger charge is 2.40. The van der Waals surface area contributed by atoms with Crippen molar-refractivity contribution in [1.82, 2.24) is 24.7 Å². The predicted octanol–water partition coefficient (Wildman–Crippen LogP) is 5.37. The van der Waals surface area contributed by atoms with Gasteiger partial charge in [0, 0.05) is 34.8 Å². The molecule has 7 nitrogen and oxygen atoms in total. The minimum atomic E-state index is -4.95. The summed E-state index contributed by atoms with van der Waals surface area (Å²) in [7, 11) is 1.37. The van der Waals surface area contributed by atoms with Crippen LogP contribution in [0.5, 0.6) is 5.88 Å². The van der Waals surface area contributed by atoms with Crippen molar-refractivity contribution in [3.63, 3.8) is 0 Å². The Kier molecular flexibility index (Phi) is 5.23. The van der Waals surface area contributed by atoms with E-state index < -0.39 is 40.1 Å². The lowest BCUT2D eigenvalue weighted by atomic mass is 10.1. The molecule has 0 aliphatic heterocycles. The number of aromatic nitrogens is 5. The van der Waals surface area contributed by atoms with E-state index in [0.717, 1.165) is 18.5 Å². The molecule has 13 heteroatoms. The van der Waals surface area contributed by atoms with Crippen molar-refractivity contribution >= 4 is 21.7 Å². The lowest BCUT2D eigenvalue weighted by Gasteiger charge is -2.15. The number of pyridine rings is 3. The van der Waals surface area contributed by atoms with Gasteiger partial charge in [-0.3, -0.25) is 9.78 Å². The summed E-state index contributed by atoms with van der Waals surface area (Å²) < 4.78 is 88.9. The van der Waals surface area contributed by atoms with Crippen LogP contribution in [0.15, 0.2) is 59.8 Å². The summed E-state index contributed by atoms with van der Waals surface area (Å²) in [5.41, 5.74) is -4.94. The van der Waals surface area contributed by atoms with E-state index in [1.807, 2.05) is 0 Å². The first-order valence-corrected chi connectivity index (χ1v) is 10.2. The Balaban J connectivity index is 1.78. The molecule has 0 fully saturated rings. The summed E-state index contributed by atoms with van der Waals surface area (Å²) in [5.74, 6) is 0.197. The van der Waals surface area contributed by atoms with Gasteiger partial charge in [-0.25, -0.2) is 9.67 Å². The summed E-state index contributed by atoms with van der Waals surface area (Å²) in [5, 5.41) is 3.95. The molecule has 0 aliphatic carbocycles. The van der Waals surface area contributed by atoms with E-state index in [1.165, 1.54) is 31.5 Å². The molecule has 0 atom stereocenters. The fraction of sp³-hybridized carbons (Fsp3) is 0.130. The molecule has 0 saturated carbocycles. The van der Waals surface area contributed by atoms with Crippen molar-refractivity contribution in [3.05, 3.63) is 76.6 Å². The maximum atomic E-state index is 14.3. The van der Waals surface area contributed by atoms with Crippen LogP contribution in [0.2, 0.25) is 0 Å². The molecular weight excluding hydrogens is 492 g/mol. The van der Waals surface area contributed by atoms with Crippen molar-refractivity contribution < 1.29 is 31.1 Å². The van der Waals surface area contributed by atoms with E-state index in [1.54, 1.807) is 6.07 Å². The highest BCUT2D eigenvalue weighted by molar-refractivity contribution is 5.93. The second-order valence-corrected chi connectivity index (χ2v) is 7.64. The Morgan fingerprint density at radius 1 is 0.944 bits per heavy atom. The van der Waals surface area contributed by atoms with Crippen molar-refractivity contribution in [2.75, 3.05) is 7.11 Å². The van der Waals surface area contributed by atoms with Gasteiger partial charge in [0.15, 0.2) is 16.8 Å². The molecule has 5 aromatic rings. The number of rotatable bonds is 3. The monoisotopic (exact) mass is 505 g/mol. The van der Waals surface area contributed by atoms with E-state index in [9.17, 15) is 31.1 Å². The molecule has 1 N–H and O–H groups in total. The zero-order valence-corrected chi connectivity index (χ0v) is 18.1. The van der Waals surface area contributed by atoms with Gasteiger partial charge in [-0.2, -0.15) is 31.4 Å². The minimum absolute atomic E-state index is 0.0541. The third-order valence-corrected chi connectivity index (χ3v) is 5.51. The molecule has 36 heavy (non-hydrogen) atoms. The maximum absolute atomic E-state index is 14.3. The standard InChI is InChI=1S/C23H13F6N5O2/c1-36-21-12-3-2-4-16(11(12)5-7-31-21)34-20(23(27,28)29)13(10-32-34)15-9-17(35)18-14(33-15)6-8-30-19(18)22(24,25)26/h2-10H,1H3,(H,33,35). The average Bonchev–Trinajstić information content (AvgIpc) is 3.28. The van der Waals surface area contributed by atoms with Gasteiger partial charge in [0.2, 0.25) is 5.88 Å². The van der Waals surface area contributed by atoms with Crippen molar-refractivity contribution in [2.45, 2.75) is 12.4 Å². The second kappa shape index (κ2) is 8.07. The van der Waals surface area contributed by atoms with Gasteiger partial charge in [-0.1, -0.05) is 6.07 Å². The molecule has 1 aromatic carbocycles. The Morgan fingerprint density at radius 2 is 1.69 bits per heavy atom. The molecule has 4 heterocycles. The SMILES string of the molecule is COc1nccc2c(-n3ncc(-c4cc(=O)c5c(C(F)(F)F)nccc5[nH]4)c3C(F)(F)F)cccc12. The van der Waals surface area contributed by atoms with Crippen LogP contribution in [0.4, 0.5) is 26.3 Å². The quantitative estimate of drug-likeness (QED) is 0.333. The molecule has 0 aliphatic rings. The van der Waals surface area contributed by atoms with Crippen molar-refractivity contribution in [3.8, 4) is 22.8 Å². The molecule has 0 radical (unpaired) electrons. The van der Waals surface area contributed by atoms with Gasteiger partial charge in [0.25, 0.3) is 0 Å². The number of alkyl halides is 6. The normalized spacial score (nSPS) is 12.4. The van der Waals surface area contributed by atoms with Gasteiger partial charge < -0.3 is 9.72 Å². The molecule has 0 unspecified atom stereocenters. The number of fused-ring (bicyclic) bond motifs is 2. The molecular formula is C23H13F6N5O2. The highest BCUT2D eigenvalue weighted by atomic mass is 19.4. The number of nitrogens with zero attached hydrogens (tertiary/aromatic N) is 4. The van der Waals surface area contributed by atoms with Crippen LogP contribution in [-0.2, 0) is 12.4 Å². The fourth-order valence-electron chi connectivity index (χ4n) is 4.07. The summed E-state index contributed by atoms with van der Waals surface area (Å²) in [6.45, 7) is 0. The number of hydrogen-bond acceptors (Lipinski definition) is 5. The Hall–Kier alpha value is -4.42. The van der Waals surface area contributed by atoms with E-state index in [4.69, 9.17) is 4.74 Å². The first-order valence-electron chi connectivity index (χ1n) is 10.2. The molecule has 0 spiro atoms. The average molecular weight is 505 g/mol. The summed E-state index contributed by atoms with van der Waals surface area (Å²) in [6.07, 6.45) is -6.80. The molecule has 4 aromatic heterocycles. The number of aromatic amines is 1. The zero-order valence-electron chi connectivity index (χ0n) is 18.1. The van der Waals surface area contributed by atoms with Crippen LogP contribution < -0.4 is 10.2 Å². The van der Waals surface area contributed by atoms with Gasteiger partial charge in [0.1, 0.15) is 0 Å². The van der Waals surface area contributed by atoms with Gasteiger partial charge in [-0.05, 0) is 24.3 Å². The minimum Gasteiger partial charge on any atom is -0.481 e. The smallest absolute Gasteiger partial charge is 0.434 e. The lowest BCUT2D eigenvalue weighted by Crippen LogP contribution is -2.17. The Bertz CT molecular complexity index is 1690. The topological polar surface area (TPSA) is 85.7 Å². The van der Waals surface area contributed by atoms with Gasteiger partial charge in [-0.15, -0.1) is 0 Å². The lowest BCUT2D eigenvalue weighted by molar-refractivity contribution is -0.142. The molecule has 0 bridgehead atoms. The van der Waals surface area contributed by atoms with Crippen LogP contribution in [0.1, 0.15) is 11.4 Å². The number of methoxy groups -OCH3 is 1. The summed E-state index contributed by atoms with van der Waals surface area (Å²) in [4.78, 5) is 22.4. The highest BCUT2D eigenvalue weighted by Crippen LogP contribution is 2.40. The van der Waals surface area contributed by atoms with Crippen LogP contribution in [0, 0.1) is 0 Å². The number of H-pyrrole nitrogens is 1. The van der Waals surface area contributed by atoms with E-state index >= 15 is 0 Å². The Labute approximate surface area is 197 Å².